The molecule has 0 saturated carbocycles. The highest BCUT2D eigenvalue weighted by molar-refractivity contribution is 7.12. The third-order valence-corrected chi connectivity index (χ3v) is 5.84. The van der Waals surface area contributed by atoms with E-state index in [2.05, 4.69) is 10.6 Å². The lowest BCUT2D eigenvalue weighted by atomic mass is 10.1. The van der Waals surface area contributed by atoms with Crippen molar-refractivity contribution in [3.8, 4) is 0 Å². The maximum atomic E-state index is 12.5. The average molecular weight is 415 g/mol. The number of aliphatic carboxylic acids is 1. The van der Waals surface area contributed by atoms with Crippen LogP contribution in [0.15, 0.2) is 59.3 Å². The first-order valence-electron chi connectivity index (χ1n) is 8.49. The maximum Gasteiger partial charge on any atom is 0.305 e. The first-order chi connectivity index (χ1) is 13.5. The number of hydrogen-bond acceptors (Lipinski definition) is 5. The monoisotopic (exact) mass is 414 g/mol. The number of benzene rings is 1. The number of amides is 2. The first-order valence-corrected chi connectivity index (χ1v) is 10.3. The van der Waals surface area contributed by atoms with E-state index in [1.165, 1.54) is 22.7 Å². The van der Waals surface area contributed by atoms with Crippen molar-refractivity contribution in [2.24, 2.45) is 0 Å². The van der Waals surface area contributed by atoms with Crippen molar-refractivity contribution in [1.82, 2.24) is 10.6 Å². The second-order valence-electron chi connectivity index (χ2n) is 6.00. The second-order valence-corrected chi connectivity index (χ2v) is 7.92. The van der Waals surface area contributed by atoms with Crippen LogP contribution in [0.3, 0.4) is 0 Å². The Bertz CT molecular complexity index is 935. The molecule has 3 aromatic rings. The molecule has 0 bridgehead atoms. The minimum absolute atomic E-state index is 0.135. The lowest BCUT2D eigenvalue weighted by molar-refractivity contribution is -0.137. The Labute approximate surface area is 169 Å². The van der Waals surface area contributed by atoms with Crippen molar-refractivity contribution < 1.29 is 19.5 Å². The molecule has 8 heteroatoms. The Morgan fingerprint density at radius 3 is 2.25 bits per heavy atom. The molecule has 3 rings (SSSR count). The number of carboxylic acids is 1. The Balaban J connectivity index is 1.59. The van der Waals surface area contributed by atoms with E-state index in [4.69, 9.17) is 5.11 Å². The molecule has 2 heterocycles. The molecule has 0 aliphatic heterocycles. The Hall–Kier alpha value is -2.97. The molecule has 6 nitrogen and oxygen atoms in total. The van der Waals surface area contributed by atoms with Gasteiger partial charge in [0.15, 0.2) is 0 Å². The summed E-state index contributed by atoms with van der Waals surface area (Å²) in [7, 11) is 0. The minimum Gasteiger partial charge on any atom is -0.481 e. The van der Waals surface area contributed by atoms with Crippen LogP contribution < -0.4 is 10.6 Å². The summed E-state index contributed by atoms with van der Waals surface area (Å²) in [6.07, 6.45) is -0.181. The van der Waals surface area contributed by atoms with Crippen molar-refractivity contribution in [3.63, 3.8) is 0 Å². The molecule has 0 fully saturated rings. The fourth-order valence-corrected chi connectivity index (χ4v) is 4.00. The number of nitrogens with one attached hydrogen (secondary N) is 2. The molecule has 0 aliphatic rings. The average Bonchev–Trinajstić information content (AvgIpc) is 3.39. The molecule has 2 amide bonds. The van der Waals surface area contributed by atoms with Crippen LogP contribution in [0.1, 0.15) is 42.9 Å². The summed E-state index contributed by atoms with van der Waals surface area (Å²) in [6, 6.07) is 13.5. The number of carboxylic acid groups (broad SMARTS) is 1. The zero-order chi connectivity index (χ0) is 19.9. The standard InChI is InChI=1S/C20H18N2O4S2/c23-18(24)11-15(16-3-1-9-27-16)22-19(25)14-7-5-13(6-8-14)12-21-20(26)17-4-2-10-28-17/h1-10,15H,11-12H2,(H,21,26)(H,22,25)(H,23,24)/t15-/m0/s1. The van der Waals surface area contributed by atoms with Crippen LogP contribution in [0.4, 0.5) is 0 Å². The second kappa shape index (κ2) is 9.29. The van der Waals surface area contributed by atoms with Crippen LogP contribution in [-0.2, 0) is 11.3 Å². The quantitative estimate of drug-likeness (QED) is 0.524. The molecular weight excluding hydrogens is 396 g/mol. The van der Waals surface area contributed by atoms with Crippen molar-refractivity contribution >= 4 is 40.5 Å². The molecule has 0 aliphatic carbocycles. The predicted molar refractivity (Wildman–Crippen MR) is 109 cm³/mol. The Morgan fingerprint density at radius 1 is 0.929 bits per heavy atom. The molecule has 28 heavy (non-hydrogen) atoms. The van der Waals surface area contributed by atoms with Crippen molar-refractivity contribution in [2.45, 2.75) is 19.0 Å². The van der Waals surface area contributed by atoms with E-state index in [0.717, 1.165) is 10.4 Å². The number of carbonyl (C=O) groups is 3. The van der Waals surface area contributed by atoms with Gasteiger partial charge in [-0.1, -0.05) is 24.3 Å². The summed E-state index contributed by atoms with van der Waals surface area (Å²) in [5.74, 6) is -1.45. The Morgan fingerprint density at radius 2 is 1.64 bits per heavy atom. The van der Waals surface area contributed by atoms with Crippen LogP contribution in [0.5, 0.6) is 0 Å². The molecule has 0 saturated heterocycles. The third-order valence-electron chi connectivity index (χ3n) is 3.98. The van der Waals surface area contributed by atoms with Crippen LogP contribution >= 0.6 is 22.7 Å². The lowest BCUT2D eigenvalue weighted by Gasteiger charge is -2.15. The SMILES string of the molecule is O=C(O)C[C@H](NC(=O)c1ccc(CNC(=O)c2cccs2)cc1)c1cccs1. The fraction of sp³-hybridized carbons (Fsp3) is 0.150. The summed E-state index contributed by atoms with van der Waals surface area (Å²) < 4.78 is 0. The van der Waals surface area contributed by atoms with Crippen LogP contribution in [0.25, 0.3) is 0 Å². The van der Waals surface area contributed by atoms with Gasteiger partial charge in [-0.3, -0.25) is 14.4 Å². The van der Waals surface area contributed by atoms with Gasteiger partial charge in [0.05, 0.1) is 17.3 Å². The summed E-state index contributed by atoms with van der Waals surface area (Å²) in [5.41, 5.74) is 1.29. The van der Waals surface area contributed by atoms with E-state index in [9.17, 15) is 14.4 Å². The highest BCUT2D eigenvalue weighted by Gasteiger charge is 2.19. The summed E-state index contributed by atoms with van der Waals surface area (Å²) in [4.78, 5) is 37.0. The summed E-state index contributed by atoms with van der Waals surface area (Å²) in [5, 5.41) is 18.4. The van der Waals surface area contributed by atoms with Crippen molar-refractivity contribution in [1.29, 1.82) is 0 Å². The largest absolute Gasteiger partial charge is 0.481 e. The first kappa shape index (κ1) is 19.8. The van der Waals surface area contributed by atoms with Gasteiger partial charge in [0.25, 0.3) is 11.8 Å². The van der Waals surface area contributed by atoms with Gasteiger partial charge in [-0.25, -0.2) is 0 Å². The van der Waals surface area contributed by atoms with E-state index in [0.29, 0.717) is 17.0 Å². The zero-order valence-electron chi connectivity index (χ0n) is 14.8. The molecule has 0 unspecified atom stereocenters. The van der Waals surface area contributed by atoms with Gasteiger partial charge < -0.3 is 15.7 Å². The van der Waals surface area contributed by atoms with E-state index in [1.54, 1.807) is 36.4 Å². The number of carbonyl (C=O) groups excluding carboxylic acids is 2. The van der Waals surface area contributed by atoms with Gasteiger partial charge in [0.2, 0.25) is 0 Å². The van der Waals surface area contributed by atoms with Gasteiger partial charge in [0, 0.05) is 17.0 Å². The third kappa shape index (κ3) is 5.28. The lowest BCUT2D eigenvalue weighted by Crippen LogP contribution is -2.29. The van der Waals surface area contributed by atoms with E-state index < -0.39 is 12.0 Å². The number of rotatable bonds is 8. The highest BCUT2D eigenvalue weighted by Crippen LogP contribution is 2.22. The minimum atomic E-state index is -0.976. The molecule has 1 atom stereocenters. The van der Waals surface area contributed by atoms with Crippen molar-refractivity contribution in [2.75, 3.05) is 0 Å². The van der Waals surface area contributed by atoms with E-state index >= 15 is 0 Å². The zero-order valence-corrected chi connectivity index (χ0v) is 16.4. The fourth-order valence-electron chi connectivity index (χ4n) is 2.58. The number of hydrogen-bond donors (Lipinski definition) is 3. The van der Waals surface area contributed by atoms with Gasteiger partial charge in [-0.05, 0) is 40.6 Å². The molecule has 0 spiro atoms. The van der Waals surface area contributed by atoms with Gasteiger partial charge >= 0.3 is 5.97 Å². The topological polar surface area (TPSA) is 95.5 Å². The molecule has 2 aromatic heterocycles. The van der Waals surface area contributed by atoms with Gasteiger partial charge in [-0.2, -0.15) is 0 Å². The Kier molecular flexibility index (Phi) is 6.57. The normalized spacial score (nSPS) is 11.6. The van der Waals surface area contributed by atoms with Crippen molar-refractivity contribution in [3.05, 3.63) is 80.2 Å². The van der Waals surface area contributed by atoms with Gasteiger partial charge in [-0.15, -0.1) is 22.7 Å². The molecule has 3 N–H and O–H groups in total. The van der Waals surface area contributed by atoms with Gasteiger partial charge in [0.1, 0.15) is 0 Å². The highest BCUT2D eigenvalue weighted by atomic mass is 32.1. The number of thiophene rings is 2. The molecule has 0 radical (unpaired) electrons. The summed E-state index contributed by atoms with van der Waals surface area (Å²) in [6.45, 7) is 0.357. The molecular formula is C20H18N2O4S2. The summed E-state index contributed by atoms with van der Waals surface area (Å²) >= 11 is 2.78. The van der Waals surface area contributed by atoms with Crippen LogP contribution in [0.2, 0.25) is 0 Å². The molecule has 1 aromatic carbocycles. The predicted octanol–water partition coefficient (Wildman–Crippen LogP) is 3.69. The maximum absolute atomic E-state index is 12.5. The molecule has 144 valence electrons. The van der Waals surface area contributed by atoms with E-state index in [-0.39, 0.29) is 18.2 Å². The smallest absolute Gasteiger partial charge is 0.305 e. The van der Waals surface area contributed by atoms with Crippen LogP contribution in [-0.4, -0.2) is 22.9 Å². The van der Waals surface area contributed by atoms with E-state index in [1.807, 2.05) is 22.9 Å². The van der Waals surface area contributed by atoms with Crippen LogP contribution in [0, 0.1) is 0 Å².